The van der Waals surface area contributed by atoms with Crippen LogP contribution in [0.1, 0.15) is 36.1 Å². The van der Waals surface area contributed by atoms with Gasteiger partial charge in [-0.2, -0.15) is 0 Å². The summed E-state index contributed by atoms with van der Waals surface area (Å²) in [5.41, 5.74) is 1.63. The number of benzene rings is 2. The molecule has 1 aliphatic heterocycles. The number of carboxylic acid groups (broad SMARTS) is 1. The van der Waals surface area contributed by atoms with Crippen LogP contribution in [0.2, 0.25) is 10.0 Å². The van der Waals surface area contributed by atoms with Gasteiger partial charge in [-0.15, -0.1) is 0 Å². The topological polar surface area (TPSA) is 66.8 Å². The third-order valence-electron chi connectivity index (χ3n) is 5.14. The van der Waals surface area contributed by atoms with Crippen molar-refractivity contribution < 1.29 is 19.4 Å². The molecule has 5 nitrogen and oxygen atoms in total. The van der Waals surface area contributed by atoms with E-state index in [-0.39, 0.29) is 5.76 Å². The lowest BCUT2D eigenvalue weighted by atomic mass is 9.92. The van der Waals surface area contributed by atoms with Gasteiger partial charge < -0.3 is 14.7 Å². The summed E-state index contributed by atoms with van der Waals surface area (Å²) in [5, 5.41) is 10.3. The van der Waals surface area contributed by atoms with Crippen LogP contribution in [0.4, 0.5) is 0 Å². The average molecular weight is 432 g/mol. The first-order chi connectivity index (χ1) is 13.9. The second kappa shape index (κ2) is 8.09. The van der Waals surface area contributed by atoms with Crippen LogP contribution < -0.4 is 0 Å². The molecular weight excluding hydrogens is 413 g/mol. The molecule has 1 N–H and O–H groups in total. The molecule has 0 aromatic heterocycles. The first-order valence-electron chi connectivity index (χ1n) is 9.35. The van der Waals surface area contributed by atoms with Crippen molar-refractivity contribution in [2.75, 3.05) is 6.54 Å². The molecule has 2 fully saturated rings. The summed E-state index contributed by atoms with van der Waals surface area (Å²) in [6, 6.07) is 14.1. The first kappa shape index (κ1) is 19.8. The summed E-state index contributed by atoms with van der Waals surface area (Å²) < 4.78 is 5.98. The Balaban J connectivity index is 1.83. The van der Waals surface area contributed by atoms with Crippen molar-refractivity contribution in [1.82, 2.24) is 4.90 Å². The molecule has 1 heterocycles. The summed E-state index contributed by atoms with van der Waals surface area (Å²) in [6.07, 6.45) is 2.34. The van der Waals surface area contributed by atoms with Crippen molar-refractivity contribution in [2.24, 2.45) is 5.92 Å². The number of aliphatic carboxylic acids is 1. The highest BCUT2D eigenvalue weighted by Gasteiger charge is 2.44. The number of rotatable bonds is 5. The molecule has 4 rings (SSSR count). The molecule has 1 saturated heterocycles. The van der Waals surface area contributed by atoms with Gasteiger partial charge in [0.25, 0.3) is 5.91 Å². The minimum atomic E-state index is -1.23. The Labute approximate surface area is 178 Å². The third kappa shape index (κ3) is 4.41. The van der Waals surface area contributed by atoms with Gasteiger partial charge in [-0.3, -0.25) is 4.79 Å². The van der Waals surface area contributed by atoms with E-state index in [1.54, 1.807) is 29.2 Å². The molecule has 0 radical (unpaired) electrons. The van der Waals surface area contributed by atoms with E-state index >= 15 is 0 Å². The fourth-order valence-electron chi connectivity index (χ4n) is 3.61. The number of nitrogens with zero attached hydrogens (tertiary/aromatic N) is 1. The van der Waals surface area contributed by atoms with Gasteiger partial charge in [-0.1, -0.05) is 47.5 Å². The lowest BCUT2D eigenvalue weighted by Gasteiger charge is -2.42. The quantitative estimate of drug-likeness (QED) is 0.675. The number of hydrogen-bond donors (Lipinski definition) is 1. The summed E-state index contributed by atoms with van der Waals surface area (Å²) >= 11 is 12.3. The van der Waals surface area contributed by atoms with Crippen LogP contribution >= 0.6 is 23.2 Å². The Morgan fingerprint density at radius 2 is 1.83 bits per heavy atom. The molecule has 0 spiro atoms. The molecule has 0 bridgehead atoms. The van der Waals surface area contributed by atoms with Crippen LogP contribution in [0.15, 0.2) is 60.4 Å². The average Bonchev–Trinajstić information content (AvgIpc) is 3.49. The predicted molar refractivity (Wildman–Crippen MR) is 110 cm³/mol. The smallest absolute Gasteiger partial charge is 0.332 e. The van der Waals surface area contributed by atoms with E-state index in [1.807, 2.05) is 24.3 Å². The van der Waals surface area contributed by atoms with Crippen molar-refractivity contribution in [3.8, 4) is 0 Å². The third-order valence-corrected chi connectivity index (χ3v) is 5.63. The number of carbonyl (C=O) groups is 2. The first-order valence-corrected chi connectivity index (χ1v) is 10.1. The van der Waals surface area contributed by atoms with E-state index in [0.717, 1.165) is 30.0 Å². The van der Waals surface area contributed by atoms with Crippen molar-refractivity contribution in [3.05, 3.63) is 81.5 Å². The molecule has 2 aromatic rings. The van der Waals surface area contributed by atoms with E-state index < -0.39 is 24.0 Å². The van der Waals surface area contributed by atoms with Crippen LogP contribution in [-0.4, -0.2) is 28.4 Å². The maximum atomic E-state index is 13.1. The predicted octanol–water partition coefficient (Wildman–Crippen LogP) is 5.01. The fraction of sp³-hybridized carbons (Fsp3) is 0.273. The van der Waals surface area contributed by atoms with Crippen molar-refractivity contribution in [1.29, 1.82) is 0 Å². The fourth-order valence-corrected chi connectivity index (χ4v) is 3.94. The Morgan fingerprint density at radius 3 is 2.45 bits per heavy atom. The van der Waals surface area contributed by atoms with Crippen molar-refractivity contribution in [2.45, 2.75) is 25.0 Å². The van der Waals surface area contributed by atoms with Crippen LogP contribution in [0.5, 0.6) is 0 Å². The summed E-state index contributed by atoms with van der Waals surface area (Å²) in [6.45, 7) is 0.545. The molecule has 1 saturated carbocycles. The standard InChI is InChI=1S/C22H19Cl2NO4/c23-16-8-6-14(7-9-16)20-21(15-2-1-3-17(24)10-15)29-18(11-19(26)27)22(28)25(20)12-13-4-5-13/h1-3,6-11,13,20-21H,4-5,12H2,(H,26,27). The monoisotopic (exact) mass is 431 g/mol. The van der Waals surface area contributed by atoms with E-state index in [0.29, 0.717) is 22.5 Å². The van der Waals surface area contributed by atoms with Crippen LogP contribution in [0.25, 0.3) is 0 Å². The number of carboxylic acids is 1. The molecule has 2 aromatic carbocycles. The Morgan fingerprint density at radius 1 is 1.10 bits per heavy atom. The van der Waals surface area contributed by atoms with Gasteiger partial charge in [0.2, 0.25) is 0 Å². The number of morpholine rings is 1. The van der Waals surface area contributed by atoms with Gasteiger partial charge in [0.05, 0.1) is 12.1 Å². The van der Waals surface area contributed by atoms with Crippen molar-refractivity contribution >= 4 is 35.1 Å². The minimum Gasteiger partial charge on any atom is -0.478 e. The molecule has 2 unspecified atom stereocenters. The lowest BCUT2D eigenvalue weighted by molar-refractivity contribution is -0.149. The number of amides is 1. The lowest BCUT2D eigenvalue weighted by Crippen LogP contribution is -2.45. The largest absolute Gasteiger partial charge is 0.478 e. The molecule has 2 atom stereocenters. The number of halogens is 2. The Hall–Kier alpha value is -2.50. The number of carbonyl (C=O) groups excluding carboxylic acids is 1. The molecule has 7 heteroatoms. The van der Waals surface area contributed by atoms with E-state index in [2.05, 4.69) is 0 Å². The highest BCUT2D eigenvalue weighted by molar-refractivity contribution is 6.30. The minimum absolute atomic E-state index is 0.173. The normalized spacial score (nSPS) is 23.2. The molecule has 1 aliphatic carbocycles. The second-order valence-electron chi connectivity index (χ2n) is 7.34. The van der Waals surface area contributed by atoms with Gasteiger partial charge in [0.15, 0.2) is 5.76 Å². The van der Waals surface area contributed by atoms with Gasteiger partial charge >= 0.3 is 5.97 Å². The summed E-state index contributed by atoms with van der Waals surface area (Å²) in [7, 11) is 0. The zero-order valence-electron chi connectivity index (χ0n) is 15.4. The van der Waals surface area contributed by atoms with E-state index in [9.17, 15) is 14.7 Å². The molecule has 2 aliphatic rings. The van der Waals surface area contributed by atoms with Gasteiger partial charge in [-0.25, -0.2) is 4.79 Å². The SMILES string of the molecule is O=C(O)C=C1OC(c2cccc(Cl)c2)C(c2ccc(Cl)cc2)N(CC2CC2)C1=O. The summed E-state index contributed by atoms with van der Waals surface area (Å²) in [4.78, 5) is 26.1. The number of ether oxygens (including phenoxy) is 1. The highest BCUT2D eigenvalue weighted by Crippen LogP contribution is 2.45. The maximum absolute atomic E-state index is 13.1. The second-order valence-corrected chi connectivity index (χ2v) is 8.21. The molecule has 29 heavy (non-hydrogen) atoms. The molecule has 150 valence electrons. The highest BCUT2D eigenvalue weighted by atomic mass is 35.5. The Bertz CT molecular complexity index is 969. The van der Waals surface area contributed by atoms with Crippen molar-refractivity contribution in [3.63, 3.8) is 0 Å². The van der Waals surface area contributed by atoms with Gasteiger partial charge in [0, 0.05) is 16.6 Å². The van der Waals surface area contributed by atoms with Gasteiger partial charge in [-0.05, 0) is 54.2 Å². The molecule has 1 amide bonds. The van der Waals surface area contributed by atoms with Gasteiger partial charge in [0.1, 0.15) is 6.10 Å². The van der Waals surface area contributed by atoms with E-state index in [1.165, 1.54) is 0 Å². The van der Waals surface area contributed by atoms with Crippen LogP contribution in [0, 0.1) is 5.92 Å². The zero-order chi connectivity index (χ0) is 20.5. The molecular formula is C22H19Cl2NO4. The van der Waals surface area contributed by atoms with Crippen LogP contribution in [0.3, 0.4) is 0 Å². The zero-order valence-corrected chi connectivity index (χ0v) is 16.9. The summed E-state index contributed by atoms with van der Waals surface area (Å²) in [5.74, 6) is -1.40. The van der Waals surface area contributed by atoms with E-state index in [4.69, 9.17) is 27.9 Å². The Kier molecular flexibility index (Phi) is 5.52. The van der Waals surface area contributed by atoms with Crippen LogP contribution in [-0.2, 0) is 14.3 Å². The maximum Gasteiger partial charge on any atom is 0.332 e. The number of hydrogen-bond acceptors (Lipinski definition) is 3.